The van der Waals surface area contributed by atoms with Gasteiger partial charge in [0.15, 0.2) is 0 Å². The molecule has 6 heteroatoms. The lowest BCUT2D eigenvalue weighted by Crippen LogP contribution is -2.39. The van der Waals surface area contributed by atoms with Gasteiger partial charge in [-0.25, -0.2) is 0 Å². The first-order valence-electron chi connectivity index (χ1n) is 8.17. The molecule has 0 aromatic carbocycles. The summed E-state index contributed by atoms with van der Waals surface area (Å²) in [5.41, 5.74) is 3.34. The van der Waals surface area contributed by atoms with Crippen LogP contribution in [0.1, 0.15) is 30.3 Å². The predicted molar refractivity (Wildman–Crippen MR) is 90.4 cm³/mol. The number of likely N-dealkylation sites (N-methyl/N-ethyl adjacent to an activating group) is 1. The van der Waals surface area contributed by atoms with Crippen LogP contribution in [0.2, 0.25) is 0 Å². The van der Waals surface area contributed by atoms with Gasteiger partial charge in [-0.1, -0.05) is 0 Å². The molecule has 2 heterocycles. The molecule has 0 bridgehead atoms. The molecule has 0 atom stereocenters. The zero-order valence-electron chi connectivity index (χ0n) is 14.2. The van der Waals surface area contributed by atoms with E-state index in [1.54, 1.807) is 0 Å². The van der Waals surface area contributed by atoms with E-state index in [1.165, 1.54) is 0 Å². The standard InChI is InChI=1S/C17H25N5O/c1-4-19-17(23)12-21-6-5-7-22(9-8-21)16-10-13(2)20-14(3)15(16)11-18/h10H,4-9,12H2,1-3H3,(H,19,23). The third-order valence-electron chi connectivity index (χ3n) is 4.09. The second kappa shape index (κ2) is 7.93. The molecular formula is C17H25N5O. The van der Waals surface area contributed by atoms with Gasteiger partial charge in [0.2, 0.25) is 5.91 Å². The third-order valence-corrected chi connectivity index (χ3v) is 4.09. The third kappa shape index (κ3) is 4.42. The molecular weight excluding hydrogens is 290 g/mol. The molecule has 0 unspecified atom stereocenters. The van der Waals surface area contributed by atoms with Crippen LogP contribution < -0.4 is 10.2 Å². The quantitative estimate of drug-likeness (QED) is 0.904. The molecule has 1 fully saturated rings. The molecule has 0 spiro atoms. The molecule has 23 heavy (non-hydrogen) atoms. The number of aromatic nitrogens is 1. The summed E-state index contributed by atoms with van der Waals surface area (Å²) in [6, 6.07) is 4.28. The topological polar surface area (TPSA) is 72.3 Å². The summed E-state index contributed by atoms with van der Waals surface area (Å²) in [4.78, 5) is 20.6. The van der Waals surface area contributed by atoms with E-state index in [-0.39, 0.29) is 5.91 Å². The lowest BCUT2D eigenvalue weighted by molar-refractivity contribution is -0.122. The fraction of sp³-hybridized carbons (Fsp3) is 0.588. The molecule has 1 aliphatic rings. The highest BCUT2D eigenvalue weighted by molar-refractivity contribution is 5.77. The van der Waals surface area contributed by atoms with Crippen LogP contribution in [0.4, 0.5) is 5.69 Å². The number of anilines is 1. The van der Waals surface area contributed by atoms with E-state index in [4.69, 9.17) is 0 Å². The average molecular weight is 315 g/mol. The maximum atomic E-state index is 11.7. The number of nitrogens with one attached hydrogen (secondary N) is 1. The Balaban J connectivity index is 2.09. The summed E-state index contributed by atoms with van der Waals surface area (Å²) < 4.78 is 0. The van der Waals surface area contributed by atoms with Gasteiger partial charge in [0.1, 0.15) is 6.07 Å². The van der Waals surface area contributed by atoms with Crippen molar-refractivity contribution in [3.05, 3.63) is 23.0 Å². The number of aryl methyl sites for hydroxylation is 2. The van der Waals surface area contributed by atoms with Crippen LogP contribution in [-0.4, -0.2) is 55.1 Å². The number of carbonyl (C=O) groups excluding carboxylic acids is 1. The number of hydrogen-bond acceptors (Lipinski definition) is 5. The minimum absolute atomic E-state index is 0.0780. The van der Waals surface area contributed by atoms with Gasteiger partial charge in [-0.3, -0.25) is 14.7 Å². The number of nitrogens with zero attached hydrogens (tertiary/aromatic N) is 4. The first kappa shape index (κ1) is 17.2. The van der Waals surface area contributed by atoms with E-state index in [2.05, 4.69) is 26.2 Å². The lowest BCUT2D eigenvalue weighted by Gasteiger charge is -2.25. The highest BCUT2D eigenvalue weighted by Crippen LogP contribution is 2.24. The van der Waals surface area contributed by atoms with E-state index in [0.717, 1.165) is 49.7 Å². The van der Waals surface area contributed by atoms with E-state index in [1.807, 2.05) is 26.8 Å². The highest BCUT2D eigenvalue weighted by Gasteiger charge is 2.20. The monoisotopic (exact) mass is 315 g/mol. The van der Waals surface area contributed by atoms with E-state index in [0.29, 0.717) is 18.7 Å². The van der Waals surface area contributed by atoms with Crippen molar-refractivity contribution in [1.29, 1.82) is 5.26 Å². The molecule has 1 N–H and O–H groups in total. The Morgan fingerprint density at radius 2 is 2.13 bits per heavy atom. The van der Waals surface area contributed by atoms with E-state index < -0.39 is 0 Å². The van der Waals surface area contributed by atoms with E-state index >= 15 is 0 Å². The van der Waals surface area contributed by atoms with Gasteiger partial charge in [0.25, 0.3) is 0 Å². The molecule has 0 radical (unpaired) electrons. The smallest absolute Gasteiger partial charge is 0.234 e. The van der Waals surface area contributed by atoms with Crippen LogP contribution in [0.15, 0.2) is 6.07 Å². The summed E-state index contributed by atoms with van der Waals surface area (Å²) in [5, 5.41) is 12.3. The van der Waals surface area contributed by atoms with Gasteiger partial charge < -0.3 is 10.2 Å². The second-order valence-corrected chi connectivity index (χ2v) is 5.93. The predicted octanol–water partition coefficient (Wildman–Crippen LogP) is 1.22. The molecule has 1 aromatic rings. The number of nitriles is 1. The zero-order valence-corrected chi connectivity index (χ0v) is 14.2. The summed E-state index contributed by atoms with van der Waals surface area (Å²) in [7, 11) is 0. The van der Waals surface area contributed by atoms with Crippen LogP contribution in [0, 0.1) is 25.2 Å². The highest BCUT2D eigenvalue weighted by atomic mass is 16.2. The van der Waals surface area contributed by atoms with Gasteiger partial charge in [0.05, 0.1) is 23.5 Å². The summed E-state index contributed by atoms with van der Waals surface area (Å²) >= 11 is 0. The Morgan fingerprint density at radius 3 is 2.83 bits per heavy atom. The molecule has 0 aliphatic carbocycles. The van der Waals surface area contributed by atoms with E-state index in [9.17, 15) is 10.1 Å². The van der Waals surface area contributed by atoms with Gasteiger partial charge in [-0.05, 0) is 33.3 Å². The number of carbonyl (C=O) groups is 1. The van der Waals surface area contributed by atoms with Crippen LogP contribution >= 0.6 is 0 Å². The molecule has 124 valence electrons. The first-order chi connectivity index (χ1) is 11.0. The molecule has 1 aromatic heterocycles. The van der Waals surface area contributed by atoms with Crippen molar-refractivity contribution in [1.82, 2.24) is 15.2 Å². The van der Waals surface area contributed by atoms with Crippen LogP contribution in [-0.2, 0) is 4.79 Å². The molecule has 6 nitrogen and oxygen atoms in total. The molecule has 1 saturated heterocycles. The second-order valence-electron chi connectivity index (χ2n) is 5.93. The fourth-order valence-electron chi connectivity index (χ4n) is 3.02. The van der Waals surface area contributed by atoms with Crippen molar-refractivity contribution in [2.24, 2.45) is 0 Å². The molecule has 2 rings (SSSR count). The van der Waals surface area contributed by atoms with Gasteiger partial charge >= 0.3 is 0 Å². The summed E-state index contributed by atoms with van der Waals surface area (Å²) in [6.07, 6.45) is 0.977. The van der Waals surface area contributed by atoms with Crippen molar-refractivity contribution < 1.29 is 4.79 Å². The van der Waals surface area contributed by atoms with Crippen molar-refractivity contribution in [2.75, 3.05) is 44.2 Å². The first-order valence-corrected chi connectivity index (χ1v) is 8.17. The Kier molecular flexibility index (Phi) is 5.94. The minimum atomic E-state index is 0.0780. The Hall–Kier alpha value is -2.13. The largest absolute Gasteiger partial charge is 0.369 e. The number of hydrogen-bond donors (Lipinski definition) is 1. The average Bonchev–Trinajstić information content (AvgIpc) is 2.72. The maximum absolute atomic E-state index is 11.7. The van der Waals surface area contributed by atoms with Crippen molar-refractivity contribution in [3.8, 4) is 6.07 Å². The Labute approximate surface area is 138 Å². The van der Waals surface area contributed by atoms with Crippen molar-refractivity contribution in [2.45, 2.75) is 27.2 Å². The van der Waals surface area contributed by atoms with Crippen molar-refractivity contribution >= 4 is 11.6 Å². The Morgan fingerprint density at radius 1 is 1.35 bits per heavy atom. The fourth-order valence-corrected chi connectivity index (χ4v) is 3.02. The van der Waals surface area contributed by atoms with Gasteiger partial charge in [0, 0.05) is 38.4 Å². The minimum Gasteiger partial charge on any atom is -0.369 e. The molecule has 1 amide bonds. The molecule has 1 aliphatic heterocycles. The normalized spacial score (nSPS) is 15.8. The molecule has 0 saturated carbocycles. The van der Waals surface area contributed by atoms with Crippen molar-refractivity contribution in [3.63, 3.8) is 0 Å². The summed E-state index contributed by atoms with van der Waals surface area (Å²) in [5.74, 6) is 0.0780. The van der Waals surface area contributed by atoms with Crippen LogP contribution in [0.3, 0.4) is 0 Å². The van der Waals surface area contributed by atoms with Crippen LogP contribution in [0.5, 0.6) is 0 Å². The SMILES string of the molecule is CCNC(=O)CN1CCCN(c2cc(C)nc(C)c2C#N)CC1. The van der Waals surface area contributed by atoms with Gasteiger partial charge in [-0.15, -0.1) is 0 Å². The lowest BCUT2D eigenvalue weighted by atomic mass is 10.1. The Bertz CT molecular complexity index is 608. The number of amides is 1. The number of pyridine rings is 1. The van der Waals surface area contributed by atoms with Crippen LogP contribution in [0.25, 0.3) is 0 Å². The summed E-state index contributed by atoms with van der Waals surface area (Å²) in [6.45, 7) is 10.3. The maximum Gasteiger partial charge on any atom is 0.234 e. The van der Waals surface area contributed by atoms with Gasteiger partial charge in [-0.2, -0.15) is 5.26 Å². The number of rotatable bonds is 4. The zero-order chi connectivity index (χ0) is 16.8.